The molecule has 0 radical (unpaired) electrons. The number of benzene rings is 2. The highest BCUT2D eigenvalue weighted by atomic mass is 32.1. The van der Waals surface area contributed by atoms with E-state index in [9.17, 15) is 9.79 Å². The highest BCUT2D eigenvalue weighted by Crippen LogP contribution is 2.48. The summed E-state index contributed by atoms with van der Waals surface area (Å²) in [5.41, 5.74) is 3.88. The molecular formula is C38H59NO7PS+. The van der Waals surface area contributed by atoms with Gasteiger partial charge in [0.2, 0.25) is 5.51 Å². The number of ether oxygens (including phenoxy) is 3. The predicted molar refractivity (Wildman–Crippen MR) is 194 cm³/mol. The molecule has 0 bridgehead atoms. The molecule has 8 nitrogen and oxygen atoms in total. The number of hydrogen-bond acceptors (Lipinski definition) is 8. The largest absolute Gasteiger partial charge is 0.598 e. The van der Waals surface area contributed by atoms with E-state index in [1.165, 1.54) is 95.5 Å². The molecule has 3 rings (SSSR count). The van der Waals surface area contributed by atoms with Crippen LogP contribution in [0.4, 0.5) is 0 Å². The minimum Gasteiger partial charge on any atom is -0.598 e. The van der Waals surface area contributed by atoms with Gasteiger partial charge in [-0.25, -0.2) is 0 Å². The Morgan fingerprint density at radius 1 is 0.812 bits per heavy atom. The van der Waals surface area contributed by atoms with Crippen LogP contribution < -0.4 is 23.5 Å². The number of hydrogen-bond donors (Lipinski definition) is 1. The van der Waals surface area contributed by atoms with Crippen molar-refractivity contribution in [3.63, 3.8) is 0 Å². The summed E-state index contributed by atoms with van der Waals surface area (Å²) in [5, 5.41) is 0. The molecule has 1 unspecified atom stereocenters. The van der Waals surface area contributed by atoms with Crippen LogP contribution in [0.1, 0.15) is 113 Å². The van der Waals surface area contributed by atoms with Crippen LogP contribution in [0.15, 0.2) is 54.2 Å². The summed E-state index contributed by atoms with van der Waals surface area (Å²) in [7, 11) is -2.88. The number of phosphoric acid groups is 1. The highest BCUT2D eigenvalue weighted by Gasteiger charge is 2.31. The van der Waals surface area contributed by atoms with Crippen molar-refractivity contribution >= 4 is 19.5 Å². The molecule has 0 aliphatic heterocycles. The zero-order chi connectivity index (χ0) is 34.5. The fourth-order valence-corrected chi connectivity index (χ4v) is 6.95. The van der Waals surface area contributed by atoms with Crippen LogP contribution in [-0.2, 0) is 15.8 Å². The molecule has 0 amide bonds. The van der Waals surface area contributed by atoms with E-state index in [1.807, 2.05) is 43.6 Å². The van der Waals surface area contributed by atoms with Gasteiger partial charge in [-0.05, 0) is 44.5 Å². The maximum atomic E-state index is 12.7. The zero-order valence-corrected chi connectivity index (χ0v) is 31.4. The topological polar surface area (TPSA) is 93.3 Å². The van der Waals surface area contributed by atoms with Gasteiger partial charge in [0.1, 0.15) is 30.8 Å². The first-order valence-corrected chi connectivity index (χ1v) is 20.2. The number of aryl methyl sites for hydroxylation is 1. The Labute approximate surface area is 294 Å². The van der Waals surface area contributed by atoms with E-state index < -0.39 is 14.3 Å². The van der Waals surface area contributed by atoms with Crippen molar-refractivity contribution < 1.29 is 37.6 Å². The molecule has 0 saturated heterocycles. The first kappa shape index (κ1) is 40.2. The van der Waals surface area contributed by atoms with Crippen LogP contribution in [0, 0.1) is 13.8 Å². The molecule has 0 spiro atoms. The molecule has 268 valence electrons. The van der Waals surface area contributed by atoms with Crippen molar-refractivity contribution in [3.8, 4) is 17.2 Å². The normalized spacial score (nSPS) is 13.3. The van der Waals surface area contributed by atoms with E-state index in [0.717, 1.165) is 23.3 Å². The van der Waals surface area contributed by atoms with Crippen LogP contribution in [0.2, 0.25) is 0 Å². The zero-order valence-electron chi connectivity index (χ0n) is 29.7. The SMILES string of the molecule is CCCCCCCCCCCCCCCCOc1cccc(OC[C@H](CO[P+]([O-])(O)Oc2cccc(C[n+]3csc(C)c3)c2)OC)c1C. The van der Waals surface area contributed by atoms with Crippen LogP contribution in [0.5, 0.6) is 17.2 Å². The lowest BCUT2D eigenvalue weighted by molar-refractivity contribution is -0.683. The molecule has 0 fully saturated rings. The Hall–Kier alpha value is -2.26. The Balaban J connectivity index is 1.30. The van der Waals surface area contributed by atoms with Gasteiger partial charge in [0.05, 0.1) is 11.5 Å². The predicted octanol–water partition coefficient (Wildman–Crippen LogP) is 9.08. The third kappa shape index (κ3) is 16.4. The van der Waals surface area contributed by atoms with Gasteiger partial charge in [-0.3, -0.25) is 4.52 Å². The molecule has 0 aliphatic rings. The molecule has 1 aromatic heterocycles. The van der Waals surface area contributed by atoms with Gasteiger partial charge in [-0.2, -0.15) is 14.0 Å². The van der Waals surface area contributed by atoms with E-state index in [-0.39, 0.29) is 19.0 Å². The molecule has 3 aromatic rings. The van der Waals surface area contributed by atoms with Crippen LogP contribution in [0.3, 0.4) is 0 Å². The molecule has 1 heterocycles. The Kier molecular flexibility index (Phi) is 19.4. The van der Waals surface area contributed by atoms with Crippen molar-refractivity contribution in [2.24, 2.45) is 0 Å². The number of rotatable bonds is 27. The fourth-order valence-electron chi connectivity index (χ4n) is 5.53. The molecule has 2 aromatic carbocycles. The quantitative estimate of drug-likeness (QED) is 0.0481. The van der Waals surface area contributed by atoms with E-state index in [4.69, 9.17) is 23.3 Å². The smallest absolute Gasteiger partial charge is 0.426 e. The third-order valence-electron chi connectivity index (χ3n) is 8.38. The molecule has 0 saturated carbocycles. The summed E-state index contributed by atoms with van der Waals surface area (Å²) in [6.45, 7) is 7.55. The molecular weight excluding hydrogens is 645 g/mol. The van der Waals surface area contributed by atoms with Crippen molar-refractivity contribution in [2.45, 2.75) is 123 Å². The van der Waals surface area contributed by atoms with E-state index in [1.54, 1.807) is 29.5 Å². The van der Waals surface area contributed by atoms with Crippen molar-refractivity contribution in [2.75, 3.05) is 26.9 Å². The molecule has 0 aliphatic carbocycles. The highest BCUT2D eigenvalue weighted by molar-refractivity contribution is 7.53. The van der Waals surface area contributed by atoms with E-state index in [2.05, 4.69) is 17.7 Å². The second-order valence-electron chi connectivity index (χ2n) is 12.6. The lowest BCUT2D eigenvalue weighted by Gasteiger charge is -2.23. The lowest BCUT2D eigenvalue weighted by Crippen LogP contribution is -2.30. The average Bonchev–Trinajstić information content (AvgIpc) is 3.48. The molecule has 10 heteroatoms. The Morgan fingerprint density at radius 2 is 1.42 bits per heavy atom. The summed E-state index contributed by atoms with van der Waals surface area (Å²) in [4.78, 5) is 24.3. The van der Waals surface area contributed by atoms with Crippen molar-refractivity contribution in [1.29, 1.82) is 0 Å². The lowest BCUT2D eigenvalue weighted by atomic mass is 10.0. The number of nitrogens with zero attached hydrogens (tertiary/aromatic N) is 1. The van der Waals surface area contributed by atoms with Crippen LogP contribution >= 0.6 is 19.5 Å². The van der Waals surface area contributed by atoms with Crippen LogP contribution in [-0.4, -0.2) is 37.9 Å². The second-order valence-corrected chi connectivity index (χ2v) is 15.1. The summed E-state index contributed by atoms with van der Waals surface area (Å²) in [6.07, 6.45) is 20.1. The standard InChI is InChI=1S/C38H58NO7PS/c1-5-6-7-8-9-10-11-12-13-14-15-16-17-18-25-43-37-23-20-24-38(33(37)3)44-29-36(42-4)30-45-47(40,41)46-35-22-19-21-34(26-35)28-39-27-32(2)48-31-39/h19-24,26-27,31,36H,5-18,25,28-30H2,1-4H3/p+1/t36-/m1/s1. The van der Waals surface area contributed by atoms with Gasteiger partial charge < -0.3 is 19.1 Å². The first-order valence-electron chi connectivity index (χ1n) is 17.9. The summed E-state index contributed by atoms with van der Waals surface area (Å²) in [5.74, 6) is 1.74. The summed E-state index contributed by atoms with van der Waals surface area (Å²) >= 11 is 1.66. The number of phosphoric ester groups is 1. The minimum atomic E-state index is -4.39. The first-order chi connectivity index (χ1) is 23.3. The fraction of sp³-hybridized carbons (Fsp3) is 0.605. The van der Waals surface area contributed by atoms with Gasteiger partial charge in [0.15, 0.2) is 18.5 Å². The molecule has 48 heavy (non-hydrogen) atoms. The van der Waals surface area contributed by atoms with Gasteiger partial charge in [-0.15, -0.1) is 0 Å². The summed E-state index contributed by atoms with van der Waals surface area (Å²) in [6, 6.07) is 12.8. The number of unbranched alkanes of at least 4 members (excludes halogenated alkanes) is 13. The molecule has 1 N–H and O–H groups in total. The number of thiazole rings is 1. The van der Waals surface area contributed by atoms with Crippen molar-refractivity contribution in [1.82, 2.24) is 0 Å². The maximum Gasteiger partial charge on any atom is 0.426 e. The van der Waals surface area contributed by atoms with E-state index in [0.29, 0.717) is 18.9 Å². The van der Waals surface area contributed by atoms with Gasteiger partial charge in [0, 0.05) is 18.2 Å². The van der Waals surface area contributed by atoms with Gasteiger partial charge >= 0.3 is 8.17 Å². The number of methoxy groups -OCH3 is 1. The Morgan fingerprint density at radius 3 is 2.02 bits per heavy atom. The monoisotopic (exact) mass is 704 g/mol. The maximum absolute atomic E-state index is 12.7. The third-order valence-corrected chi connectivity index (χ3v) is 10.1. The molecule has 2 atom stereocenters. The Bertz CT molecular complexity index is 1290. The van der Waals surface area contributed by atoms with Gasteiger partial charge in [0.25, 0.3) is 0 Å². The summed E-state index contributed by atoms with van der Waals surface area (Å²) < 4.78 is 30.3. The van der Waals surface area contributed by atoms with E-state index >= 15 is 0 Å². The van der Waals surface area contributed by atoms with Gasteiger partial charge in [-0.1, -0.05) is 120 Å². The minimum absolute atomic E-state index is 0.131. The van der Waals surface area contributed by atoms with Crippen LogP contribution in [0.25, 0.3) is 0 Å². The van der Waals surface area contributed by atoms with Crippen molar-refractivity contribution in [3.05, 3.63) is 70.2 Å². The average molecular weight is 705 g/mol. The number of aromatic nitrogens is 1. The second kappa shape index (κ2) is 23.2.